The number of rotatable bonds is 8. The van der Waals surface area contributed by atoms with E-state index >= 15 is 0 Å². The topological polar surface area (TPSA) is 52.6 Å². The molecule has 92 valence electrons. The van der Waals surface area contributed by atoms with E-state index in [9.17, 15) is 9.59 Å². The molecule has 0 unspecified atom stereocenters. The van der Waals surface area contributed by atoms with E-state index in [-0.39, 0.29) is 18.8 Å². The third kappa shape index (κ3) is 9.24. The SMILES string of the molecule is CCC=COC(=O)CCC(=O)OCCCC. The van der Waals surface area contributed by atoms with Crippen LogP contribution >= 0.6 is 0 Å². The lowest BCUT2D eigenvalue weighted by atomic mass is 10.3. The van der Waals surface area contributed by atoms with Crippen molar-refractivity contribution in [1.29, 1.82) is 0 Å². The van der Waals surface area contributed by atoms with E-state index in [0.717, 1.165) is 19.3 Å². The number of carbonyl (C=O) groups is 2. The standard InChI is InChI=1S/C12H20O4/c1-3-5-9-15-11(13)7-8-12(14)16-10-6-4-2/h5,9H,3-4,6-8,10H2,1-2H3. The fourth-order valence-electron chi connectivity index (χ4n) is 0.886. The minimum atomic E-state index is -0.405. The molecule has 0 aromatic rings. The Morgan fingerprint density at radius 1 is 1.12 bits per heavy atom. The Morgan fingerprint density at radius 3 is 2.44 bits per heavy atom. The van der Waals surface area contributed by atoms with Crippen LogP contribution in [0.5, 0.6) is 0 Å². The maximum absolute atomic E-state index is 11.1. The van der Waals surface area contributed by atoms with Crippen LogP contribution < -0.4 is 0 Å². The molecule has 0 radical (unpaired) electrons. The molecule has 0 aromatic heterocycles. The monoisotopic (exact) mass is 228 g/mol. The smallest absolute Gasteiger partial charge is 0.311 e. The van der Waals surface area contributed by atoms with Crippen molar-refractivity contribution in [1.82, 2.24) is 0 Å². The van der Waals surface area contributed by atoms with Crippen LogP contribution in [0.2, 0.25) is 0 Å². The average molecular weight is 228 g/mol. The van der Waals surface area contributed by atoms with Gasteiger partial charge in [-0.3, -0.25) is 9.59 Å². The van der Waals surface area contributed by atoms with E-state index in [1.807, 2.05) is 13.8 Å². The second-order valence-corrected chi connectivity index (χ2v) is 3.34. The van der Waals surface area contributed by atoms with Gasteiger partial charge in [-0.25, -0.2) is 0 Å². The summed E-state index contributed by atoms with van der Waals surface area (Å²) < 4.78 is 9.62. The van der Waals surface area contributed by atoms with Crippen molar-refractivity contribution in [2.45, 2.75) is 46.0 Å². The second-order valence-electron chi connectivity index (χ2n) is 3.34. The molecule has 0 rings (SSSR count). The van der Waals surface area contributed by atoms with Crippen LogP contribution in [0.15, 0.2) is 12.3 Å². The third-order valence-electron chi connectivity index (χ3n) is 1.83. The Morgan fingerprint density at radius 2 is 1.81 bits per heavy atom. The molecule has 0 heterocycles. The van der Waals surface area contributed by atoms with Crippen molar-refractivity contribution >= 4 is 11.9 Å². The van der Waals surface area contributed by atoms with Gasteiger partial charge in [0, 0.05) is 0 Å². The van der Waals surface area contributed by atoms with Crippen LogP contribution in [0.1, 0.15) is 46.0 Å². The van der Waals surface area contributed by atoms with Gasteiger partial charge in [0.2, 0.25) is 0 Å². The molecule has 0 bridgehead atoms. The van der Waals surface area contributed by atoms with E-state index in [1.54, 1.807) is 6.08 Å². The molecule has 0 aliphatic heterocycles. The largest absolute Gasteiger partial charge is 0.466 e. The zero-order valence-electron chi connectivity index (χ0n) is 10.0. The molecule has 16 heavy (non-hydrogen) atoms. The molecular weight excluding hydrogens is 208 g/mol. The van der Waals surface area contributed by atoms with Crippen molar-refractivity contribution in [3.8, 4) is 0 Å². The maximum atomic E-state index is 11.1. The van der Waals surface area contributed by atoms with Crippen LogP contribution in [0.3, 0.4) is 0 Å². The third-order valence-corrected chi connectivity index (χ3v) is 1.83. The summed E-state index contributed by atoms with van der Waals surface area (Å²) >= 11 is 0. The predicted molar refractivity (Wildman–Crippen MR) is 60.6 cm³/mol. The lowest BCUT2D eigenvalue weighted by molar-refractivity contribution is -0.148. The maximum Gasteiger partial charge on any atom is 0.311 e. The Labute approximate surface area is 96.6 Å². The van der Waals surface area contributed by atoms with Gasteiger partial charge in [0.15, 0.2) is 0 Å². The molecule has 0 spiro atoms. The highest BCUT2D eigenvalue weighted by Crippen LogP contribution is 1.98. The van der Waals surface area contributed by atoms with Crippen molar-refractivity contribution in [2.75, 3.05) is 6.61 Å². The molecule has 0 saturated heterocycles. The zero-order chi connectivity index (χ0) is 12.2. The van der Waals surface area contributed by atoms with Crippen LogP contribution in [0.4, 0.5) is 0 Å². The lowest BCUT2D eigenvalue weighted by Crippen LogP contribution is -2.09. The molecular formula is C12H20O4. The first-order chi connectivity index (χ1) is 7.70. The quantitative estimate of drug-likeness (QED) is 0.364. The number of hydrogen-bond donors (Lipinski definition) is 0. The number of ether oxygens (including phenoxy) is 2. The number of allylic oxidation sites excluding steroid dienone is 1. The zero-order valence-corrected chi connectivity index (χ0v) is 10.0. The minimum absolute atomic E-state index is 0.0685. The van der Waals surface area contributed by atoms with Gasteiger partial charge in [0.05, 0.1) is 25.7 Å². The summed E-state index contributed by atoms with van der Waals surface area (Å²) in [5.74, 6) is -0.748. The summed E-state index contributed by atoms with van der Waals surface area (Å²) in [4.78, 5) is 22.2. The molecule has 4 nitrogen and oxygen atoms in total. The van der Waals surface area contributed by atoms with Crippen molar-refractivity contribution < 1.29 is 19.1 Å². The highest BCUT2D eigenvalue weighted by atomic mass is 16.5. The summed E-state index contributed by atoms with van der Waals surface area (Å²) in [5.41, 5.74) is 0. The number of hydrogen-bond acceptors (Lipinski definition) is 4. The fourth-order valence-corrected chi connectivity index (χ4v) is 0.886. The van der Waals surface area contributed by atoms with Gasteiger partial charge in [0.25, 0.3) is 0 Å². The van der Waals surface area contributed by atoms with Crippen LogP contribution in [0.25, 0.3) is 0 Å². The van der Waals surface area contributed by atoms with Gasteiger partial charge in [0.1, 0.15) is 0 Å². The Kier molecular flexibility index (Phi) is 9.36. The first kappa shape index (κ1) is 14.7. The van der Waals surface area contributed by atoms with Gasteiger partial charge in [-0.1, -0.05) is 20.3 Å². The summed E-state index contributed by atoms with van der Waals surface area (Å²) in [6, 6.07) is 0. The van der Waals surface area contributed by atoms with Crippen LogP contribution in [-0.4, -0.2) is 18.5 Å². The van der Waals surface area contributed by atoms with Gasteiger partial charge in [-0.05, 0) is 18.9 Å². The first-order valence-corrected chi connectivity index (χ1v) is 5.70. The molecule has 0 fully saturated rings. The van der Waals surface area contributed by atoms with Gasteiger partial charge in [-0.15, -0.1) is 0 Å². The molecule has 0 N–H and O–H groups in total. The van der Waals surface area contributed by atoms with Crippen LogP contribution in [0, 0.1) is 0 Å². The van der Waals surface area contributed by atoms with Gasteiger partial charge < -0.3 is 9.47 Å². The minimum Gasteiger partial charge on any atom is -0.466 e. The van der Waals surface area contributed by atoms with E-state index in [1.165, 1.54) is 6.26 Å². The van der Waals surface area contributed by atoms with E-state index < -0.39 is 5.97 Å². The highest BCUT2D eigenvalue weighted by Gasteiger charge is 2.07. The highest BCUT2D eigenvalue weighted by molar-refractivity contribution is 5.77. The van der Waals surface area contributed by atoms with E-state index in [2.05, 4.69) is 0 Å². The van der Waals surface area contributed by atoms with E-state index in [4.69, 9.17) is 9.47 Å². The Bertz CT molecular complexity index is 233. The summed E-state index contributed by atoms with van der Waals surface area (Å²) in [6.45, 7) is 4.39. The first-order valence-electron chi connectivity index (χ1n) is 5.70. The number of carbonyl (C=O) groups excluding carboxylic acids is 2. The second kappa shape index (κ2) is 10.2. The average Bonchev–Trinajstić information content (AvgIpc) is 2.27. The summed E-state index contributed by atoms with van der Waals surface area (Å²) in [7, 11) is 0. The summed E-state index contributed by atoms with van der Waals surface area (Å²) in [6.07, 6.45) is 5.89. The molecule has 0 aliphatic carbocycles. The predicted octanol–water partition coefficient (Wildman–Crippen LogP) is 2.58. The summed E-state index contributed by atoms with van der Waals surface area (Å²) in [5, 5.41) is 0. The Balaban J connectivity index is 3.51. The molecule has 0 atom stereocenters. The lowest BCUT2D eigenvalue weighted by Gasteiger charge is -2.02. The molecule has 0 aliphatic rings. The Hall–Kier alpha value is -1.32. The number of unbranched alkanes of at least 4 members (excludes halogenated alkanes) is 1. The molecule has 0 saturated carbocycles. The van der Waals surface area contributed by atoms with Crippen LogP contribution in [-0.2, 0) is 19.1 Å². The normalized spacial score (nSPS) is 10.4. The molecule has 0 aromatic carbocycles. The number of esters is 2. The fraction of sp³-hybridized carbons (Fsp3) is 0.667. The van der Waals surface area contributed by atoms with Crippen molar-refractivity contribution in [2.24, 2.45) is 0 Å². The molecule has 0 amide bonds. The van der Waals surface area contributed by atoms with Gasteiger partial charge in [-0.2, -0.15) is 0 Å². The van der Waals surface area contributed by atoms with E-state index in [0.29, 0.717) is 6.61 Å². The van der Waals surface area contributed by atoms with Gasteiger partial charge >= 0.3 is 11.9 Å². The molecule has 4 heteroatoms. The van der Waals surface area contributed by atoms with Crippen molar-refractivity contribution in [3.05, 3.63) is 12.3 Å². The van der Waals surface area contributed by atoms with Crippen molar-refractivity contribution in [3.63, 3.8) is 0 Å².